The number of nitrogens with one attached hydrogen (secondary N) is 1. The van der Waals surface area contributed by atoms with E-state index < -0.39 is 0 Å². The molecule has 0 aromatic heterocycles. The van der Waals surface area contributed by atoms with Crippen molar-refractivity contribution in [3.8, 4) is 0 Å². The lowest BCUT2D eigenvalue weighted by molar-refractivity contribution is -0.130. The Morgan fingerprint density at radius 1 is 1.15 bits per heavy atom. The first-order valence-electron chi connectivity index (χ1n) is 9.50. The van der Waals surface area contributed by atoms with Crippen molar-refractivity contribution in [2.24, 2.45) is 5.92 Å². The van der Waals surface area contributed by atoms with Crippen LogP contribution < -0.4 is 5.32 Å². The zero-order valence-corrected chi connectivity index (χ0v) is 16.2. The Bertz CT molecular complexity index is 839. The van der Waals surface area contributed by atoms with Gasteiger partial charge < -0.3 is 10.2 Å². The van der Waals surface area contributed by atoms with Gasteiger partial charge in [-0.2, -0.15) is 0 Å². The Morgan fingerprint density at radius 2 is 1.89 bits per heavy atom. The molecule has 27 heavy (non-hydrogen) atoms. The van der Waals surface area contributed by atoms with Crippen LogP contribution in [-0.2, 0) is 9.59 Å². The van der Waals surface area contributed by atoms with E-state index in [1.165, 1.54) is 10.5 Å². The molecule has 1 fully saturated rings. The molecular weight excluding hydrogens is 356 g/mol. The van der Waals surface area contributed by atoms with Gasteiger partial charge in [0, 0.05) is 23.6 Å². The fourth-order valence-corrected chi connectivity index (χ4v) is 5.10. The molecule has 0 aliphatic carbocycles. The van der Waals surface area contributed by atoms with E-state index in [4.69, 9.17) is 0 Å². The highest BCUT2D eigenvalue weighted by Gasteiger charge is 2.38. The minimum atomic E-state index is -0.273. The molecule has 0 saturated carbocycles. The van der Waals surface area contributed by atoms with Crippen molar-refractivity contribution < 1.29 is 9.59 Å². The van der Waals surface area contributed by atoms with Crippen molar-refractivity contribution in [3.05, 3.63) is 65.7 Å². The van der Waals surface area contributed by atoms with Gasteiger partial charge in [0.05, 0.1) is 18.0 Å². The molecule has 0 radical (unpaired) electrons. The average molecular weight is 381 g/mol. The van der Waals surface area contributed by atoms with E-state index in [2.05, 4.69) is 17.4 Å². The van der Waals surface area contributed by atoms with Gasteiger partial charge in [0.15, 0.2) is 0 Å². The van der Waals surface area contributed by atoms with E-state index >= 15 is 0 Å². The smallest absolute Gasteiger partial charge is 0.225 e. The molecule has 3 unspecified atom stereocenters. The second-order valence-electron chi connectivity index (χ2n) is 7.27. The number of carbonyl (C=O) groups excluding carboxylic acids is 2. The molecule has 2 aliphatic heterocycles. The molecule has 4 nitrogen and oxygen atoms in total. The minimum Gasteiger partial charge on any atom is -0.349 e. The molecule has 2 amide bonds. The maximum atomic E-state index is 12.9. The third-order valence-electron chi connectivity index (χ3n) is 5.55. The summed E-state index contributed by atoms with van der Waals surface area (Å²) in [5.41, 5.74) is 2.30. The Kier molecular flexibility index (Phi) is 5.21. The second-order valence-corrected chi connectivity index (χ2v) is 8.41. The summed E-state index contributed by atoms with van der Waals surface area (Å²) in [7, 11) is 0. The Balaban J connectivity index is 1.43. The van der Waals surface area contributed by atoms with Gasteiger partial charge in [-0.15, -0.1) is 11.8 Å². The minimum absolute atomic E-state index is 0.00202. The number of hydrogen-bond acceptors (Lipinski definition) is 3. The molecule has 1 N–H and O–H groups in total. The Hall–Kier alpha value is -2.27. The van der Waals surface area contributed by atoms with Crippen LogP contribution in [0.1, 0.15) is 43.0 Å². The zero-order chi connectivity index (χ0) is 18.8. The number of likely N-dealkylation sites (tertiary alicyclic amines) is 1. The molecule has 5 heteroatoms. The lowest BCUT2D eigenvalue weighted by Gasteiger charge is -2.27. The van der Waals surface area contributed by atoms with Crippen LogP contribution in [0, 0.1) is 5.92 Å². The van der Waals surface area contributed by atoms with Gasteiger partial charge >= 0.3 is 0 Å². The highest BCUT2D eigenvalue weighted by molar-refractivity contribution is 7.99. The van der Waals surface area contributed by atoms with Crippen molar-refractivity contribution in [2.45, 2.75) is 36.7 Å². The number of fused-ring (bicyclic) bond motifs is 1. The lowest BCUT2D eigenvalue weighted by atomic mass is 10.0. The van der Waals surface area contributed by atoms with E-state index in [0.717, 1.165) is 17.7 Å². The predicted molar refractivity (Wildman–Crippen MR) is 107 cm³/mol. The molecule has 0 bridgehead atoms. The number of hydrogen-bond donors (Lipinski definition) is 1. The van der Waals surface area contributed by atoms with E-state index in [1.807, 2.05) is 66.1 Å². The summed E-state index contributed by atoms with van der Waals surface area (Å²) in [5, 5.41) is 3.21. The van der Waals surface area contributed by atoms with Crippen LogP contribution in [0.2, 0.25) is 0 Å². The summed E-state index contributed by atoms with van der Waals surface area (Å²) in [5.74, 6) is 0.789. The Labute approximate surface area is 164 Å². The highest BCUT2D eigenvalue weighted by Crippen LogP contribution is 2.36. The molecule has 3 atom stereocenters. The first kappa shape index (κ1) is 18.1. The number of nitrogens with zero attached hydrogens (tertiary/aromatic N) is 1. The third kappa shape index (κ3) is 3.74. The monoisotopic (exact) mass is 380 g/mol. The van der Waals surface area contributed by atoms with Gasteiger partial charge in [0.2, 0.25) is 11.8 Å². The van der Waals surface area contributed by atoms with E-state index in [0.29, 0.717) is 13.0 Å². The van der Waals surface area contributed by atoms with Gasteiger partial charge in [0.25, 0.3) is 0 Å². The maximum absolute atomic E-state index is 12.9. The van der Waals surface area contributed by atoms with Crippen LogP contribution in [0.15, 0.2) is 59.5 Å². The normalized spacial score (nSPS) is 23.0. The average Bonchev–Trinajstić information content (AvgIpc) is 3.10. The number of amides is 2. The van der Waals surface area contributed by atoms with Crippen LogP contribution in [0.4, 0.5) is 0 Å². The number of carbonyl (C=O) groups is 2. The third-order valence-corrected chi connectivity index (χ3v) is 6.68. The predicted octanol–water partition coefficient (Wildman–Crippen LogP) is 3.95. The standard InChI is InChI=1S/C22H24N2O2S/c1-15(16-7-3-2-4-8-16)24-14-17(13-21(24)25)22(26)23-19-11-12-27-20-10-6-5-9-18(19)20/h2-10,15,17,19H,11-14H2,1H3,(H,23,26). The molecule has 0 spiro atoms. The molecule has 4 rings (SSSR count). The summed E-state index contributed by atoms with van der Waals surface area (Å²) < 4.78 is 0. The summed E-state index contributed by atoms with van der Waals surface area (Å²) >= 11 is 1.84. The van der Waals surface area contributed by atoms with Crippen molar-refractivity contribution in [1.29, 1.82) is 0 Å². The molecule has 2 heterocycles. The first-order valence-corrected chi connectivity index (χ1v) is 10.5. The molecule has 1 saturated heterocycles. The fraction of sp³-hybridized carbons (Fsp3) is 0.364. The molecule has 2 aromatic carbocycles. The largest absolute Gasteiger partial charge is 0.349 e. The van der Waals surface area contributed by atoms with Gasteiger partial charge in [0.1, 0.15) is 0 Å². The molecular formula is C22H24N2O2S. The van der Waals surface area contributed by atoms with E-state index in [1.54, 1.807) is 0 Å². The number of thioether (sulfide) groups is 1. The lowest BCUT2D eigenvalue weighted by Crippen LogP contribution is -2.37. The molecule has 2 aliphatic rings. The summed E-state index contributed by atoms with van der Waals surface area (Å²) in [6.07, 6.45) is 1.23. The summed E-state index contributed by atoms with van der Waals surface area (Å²) in [4.78, 5) is 28.5. The number of benzene rings is 2. The summed E-state index contributed by atoms with van der Waals surface area (Å²) in [6, 6.07) is 18.3. The van der Waals surface area contributed by atoms with Gasteiger partial charge in [-0.25, -0.2) is 0 Å². The quantitative estimate of drug-likeness (QED) is 0.874. The topological polar surface area (TPSA) is 49.4 Å². The van der Waals surface area contributed by atoms with Gasteiger partial charge in [-0.3, -0.25) is 9.59 Å². The maximum Gasteiger partial charge on any atom is 0.225 e. The van der Waals surface area contributed by atoms with Gasteiger partial charge in [-0.1, -0.05) is 48.5 Å². The Morgan fingerprint density at radius 3 is 2.70 bits per heavy atom. The van der Waals surface area contributed by atoms with Crippen molar-refractivity contribution >= 4 is 23.6 Å². The van der Waals surface area contributed by atoms with Crippen molar-refractivity contribution in [2.75, 3.05) is 12.3 Å². The second kappa shape index (κ2) is 7.77. The molecule has 2 aromatic rings. The zero-order valence-electron chi connectivity index (χ0n) is 15.4. The van der Waals surface area contributed by atoms with Crippen molar-refractivity contribution in [3.63, 3.8) is 0 Å². The fourth-order valence-electron chi connectivity index (χ4n) is 3.97. The van der Waals surface area contributed by atoms with Crippen LogP contribution >= 0.6 is 11.8 Å². The van der Waals surface area contributed by atoms with Gasteiger partial charge in [-0.05, 0) is 30.5 Å². The van der Waals surface area contributed by atoms with Crippen LogP contribution in [0.3, 0.4) is 0 Å². The first-order chi connectivity index (χ1) is 13.1. The van der Waals surface area contributed by atoms with E-state index in [9.17, 15) is 9.59 Å². The number of rotatable bonds is 4. The van der Waals surface area contributed by atoms with Crippen LogP contribution in [0.25, 0.3) is 0 Å². The summed E-state index contributed by atoms with van der Waals surface area (Å²) in [6.45, 7) is 2.52. The highest BCUT2D eigenvalue weighted by atomic mass is 32.2. The van der Waals surface area contributed by atoms with E-state index in [-0.39, 0.29) is 29.8 Å². The molecule has 140 valence electrons. The SMILES string of the molecule is CC(c1ccccc1)N1CC(C(=O)NC2CCSc3ccccc32)CC1=O. The van der Waals surface area contributed by atoms with Crippen LogP contribution in [0.5, 0.6) is 0 Å². The van der Waals surface area contributed by atoms with Crippen molar-refractivity contribution in [1.82, 2.24) is 10.2 Å². The van der Waals surface area contributed by atoms with Crippen LogP contribution in [-0.4, -0.2) is 29.0 Å².